The molecule has 0 aliphatic heterocycles. The zero-order chi connectivity index (χ0) is 28.2. The van der Waals surface area contributed by atoms with Gasteiger partial charge in [-0.25, -0.2) is 27.8 Å². The fourth-order valence-electron chi connectivity index (χ4n) is 4.28. The van der Waals surface area contributed by atoms with Crippen molar-refractivity contribution in [2.45, 2.75) is 37.2 Å². The molecule has 2 atom stereocenters. The number of para-hydroxylation sites is 1. The molecule has 11 nitrogen and oxygen atoms in total. The quantitative estimate of drug-likeness (QED) is 0.246. The third-order valence-corrected chi connectivity index (χ3v) is 9.35. The molecule has 39 heavy (non-hydrogen) atoms. The zero-order valence-corrected chi connectivity index (χ0v) is 23.8. The second-order valence-corrected chi connectivity index (χ2v) is 11.8. The van der Waals surface area contributed by atoms with Gasteiger partial charge in [0.2, 0.25) is 0 Å². The van der Waals surface area contributed by atoms with Gasteiger partial charge in [-0.1, -0.05) is 13.0 Å². The van der Waals surface area contributed by atoms with Gasteiger partial charge in [0.15, 0.2) is 32.3 Å². The van der Waals surface area contributed by atoms with Crippen LogP contribution in [-0.4, -0.2) is 71.3 Å². The van der Waals surface area contributed by atoms with Crippen LogP contribution in [0.2, 0.25) is 0 Å². The van der Waals surface area contributed by atoms with Crippen molar-refractivity contribution in [3.05, 3.63) is 59.1 Å². The predicted octanol–water partition coefficient (Wildman–Crippen LogP) is 3.77. The fraction of sp³-hybridized carbons (Fsp3) is 0.400. The van der Waals surface area contributed by atoms with Crippen LogP contribution in [0.5, 0.6) is 11.5 Å². The maximum Gasteiger partial charge on any atom is 0.197 e. The molecule has 4 aromatic rings. The van der Waals surface area contributed by atoms with Crippen LogP contribution >= 0.6 is 11.3 Å². The van der Waals surface area contributed by atoms with Crippen molar-refractivity contribution in [1.29, 1.82) is 0 Å². The lowest BCUT2D eigenvalue weighted by atomic mass is 10.0. The third-order valence-electron chi connectivity index (χ3n) is 6.17. The van der Waals surface area contributed by atoms with E-state index >= 15 is 0 Å². The molecular formula is C25H29FN6O5S2. The van der Waals surface area contributed by atoms with Crippen molar-refractivity contribution >= 4 is 21.2 Å². The Morgan fingerprint density at radius 1 is 1.08 bits per heavy atom. The number of nitrogens with zero attached hydrogens (tertiary/aromatic N) is 6. The van der Waals surface area contributed by atoms with Crippen LogP contribution in [0.4, 0.5) is 4.39 Å². The van der Waals surface area contributed by atoms with Gasteiger partial charge < -0.3 is 14.2 Å². The van der Waals surface area contributed by atoms with E-state index in [0.717, 1.165) is 18.1 Å². The Balaban J connectivity index is 1.84. The van der Waals surface area contributed by atoms with E-state index in [4.69, 9.17) is 14.2 Å². The molecule has 0 fully saturated rings. The van der Waals surface area contributed by atoms with Gasteiger partial charge >= 0.3 is 0 Å². The molecule has 0 spiro atoms. The van der Waals surface area contributed by atoms with Gasteiger partial charge in [-0.3, -0.25) is 4.57 Å². The summed E-state index contributed by atoms with van der Waals surface area (Å²) in [7, 11) is 0.604. The Bertz CT molecular complexity index is 1500. The highest BCUT2D eigenvalue weighted by atomic mass is 32.2. The normalized spacial score (nSPS) is 13.3. The summed E-state index contributed by atoms with van der Waals surface area (Å²) in [6.45, 7) is 3.74. The average Bonchev–Trinajstić information content (AvgIpc) is 3.53. The van der Waals surface area contributed by atoms with Gasteiger partial charge in [0.1, 0.15) is 28.8 Å². The number of aryl methyl sites for hydroxylation is 1. The Kier molecular flexibility index (Phi) is 8.87. The van der Waals surface area contributed by atoms with Crippen molar-refractivity contribution in [2.24, 2.45) is 0 Å². The molecule has 0 saturated heterocycles. The Morgan fingerprint density at radius 2 is 1.74 bits per heavy atom. The second-order valence-electron chi connectivity index (χ2n) is 8.76. The summed E-state index contributed by atoms with van der Waals surface area (Å²) in [4.78, 5) is 12.6. The number of benzene rings is 1. The zero-order valence-electron chi connectivity index (χ0n) is 22.2. The molecule has 0 aliphatic carbocycles. The van der Waals surface area contributed by atoms with Crippen LogP contribution in [0.25, 0.3) is 16.5 Å². The standard InChI is InChI=1S/C25H29FN6O5S2/c1-15-13-38-25(29-15)24-31-30-21(32(24)22-18(36-4)7-6-8-19(22)37-5)14-39(33,34)20(9-10-35-3)16(2)23-27-11-17(26)12-28-23/h6-8,11-13,16,20H,9-10,14H2,1-5H3/t16-,20+/m0/s1. The topological polar surface area (TPSA) is 131 Å². The number of ether oxygens (including phenoxy) is 3. The summed E-state index contributed by atoms with van der Waals surface area (Å²) in [5, 5.41) is 10.1. The maximum atomic E-state index is 14.0. The first-order valence-electron chi connectivity index (χ1n) is 12.0. The molecule has 1 aromatic carbocycles. The highest BCUT2D eigenvalue weighted by Crippen LogP contribution is 2.38. The lowest BCUT2D eigenvalue weighted by molar-refractivity contribution is 0.191. The largest absolute Gasteiger partial charge is 0.494 e. The van der Waals surface area contributed by atoms with E-state index in [-0.39, 0.29) is 24.7 Å². The molecule has 0 radical (unpaired) electrons. The summed E-state index contributed by atoms with van der Waals surface area (Å²) in [5.74, 6) is -0.133. The molecular weight excluding hydrogens is 547 g/mol. The first-order valence-corrected chi connectivity index (χ1v) is 14.6. The van der Waals surface area contributed by atoms with E-state index in [1.54, 1.807) is 29.7 Å². The van der Waals surface area contributed by atoms with E-state index < -0.39 is 32.6 Å². The van der Waals surface area contributed by atoms with Gasteiger partial charge in [-0.15, -0.1) is 21.5 Å². The van der Waals surface area contributed by atoms with E-state index in [1.807, 2.05) is 12.3 Å². The summed E-state index contributed by atoms with van der Waals surface area (Å²) in [5.41, 5.74) is 1.24. The molecule has 0 unspecified atom stereocenters. The number of halogens is 1. The Morgan fingerprint density at radius 3 is 2.31 bits per heavy atom. The summed E-state index contributed by atoms with van der Waals surface area (Å²) >= 11 is 1.36. The minimum absolute atomic E-state index is 0.148. The lowest BCUT2D eigenvalue weighted by Crippen LogP contribution is -2.31. The number of sulfone groups is 1. The van der Waals surface area contributed by atoms with Crippen molar-refractivity contribution in [2.75, 3.05) is 27.9 Å². The van der Waals surface area contributed by atoms with E-state index in [0.29, 0.717) is 28.0 Å². The highest BCUT2D eigenvalue weighted by Gasteiger charge is 2.36. The van der Waals surface area contributed by atoms with Crippen LogP contribution < -0.4 is 9.47 Å². The average molecular weight is 577 g/mol. The van der Waals surface area contributed by atoms with E-state index in [1.165, 1.54) is 32.7 Å². The molecule has 0 amide bonds. The van der Waals surface area contributed by atoms with Crippen LogP contribution in [0.1, 0.15) is 36.6 Å². The van der Waals surface area contributed by atoms with Gasteiger partial charge in [-0.05, 0) is 25.5 Å². The van der Waals surface area contributed by atoms with Crippen LogP contribution in [0.3, 0.4) is 0 Å². The van der Waals surface area contributed by atoms with E-state index in [9.17, 15) is 12.8 Å². The van der Waals surface area contributed by atoms with Crippen LogP contribution in [-0.2, 0) is 20.3 Å². The van der Waals surface area contributed by atoms with Crippen LogP contribution in [0, 0.1) is 12.7 Å². The summed E-state index contributed by atoms with van der Waals surface area (Å²) < 4.78 is 59.5. The Labute approximate surface area is 230 Å². The number of rotatable bonds is 12. The smallest absolute Gasteiger partial charge is 0.197 e. The van der Waals surface area contributed by atoms with Crippen molar-refractivity contribution in [3.8, 4) is 28.0 Å². The van der Waals surface area contributed by atoms with E-state index in [2.05, 4.69) is 25.1 Å². The Hall–Kier alpha value is -3.49. The third kappa shape index (κ3) is 6.07. The fourth-order valence-corrected chi connectivity index (χ4v) is 7.01. The van der Waals surface area contributed by atoms with Crippen molar-refractivity contribution in [1.82, 2.24) is 29.7 Å². The molecule has 3 heterocycles. The molecule has 0 aliphatic rings. The first kappa shape index (κ1) is 28.5. The van der Waals surface area contributed by atoms with Gasteiger partial charge in [0, 0.05) is 30.7 Å². The molecule has 208 valence electrons. The molecule has 3 aromatic heterocycles. The maximum absolute atomic E-state index is 14.0. The van der Waals surface area contributed by atoms with Gasteiger partial charge in [0.05, 0.1) is 31.9 Å². The summed E-state index contributed by atoms with van der Waals surface area (Å²) in [6.07, 6.45) is 2.21. The molecule has 0 bridgehead atoms. The summed E-state index contributed by atoms with van der Waals surface area (Å²) in [6, 6.07) is 5.24. The predicted molar refractivity (Wildman–Crippen MR) is 144 cm³/mol. The number of hydrogen-bond acceptors (Lipinski definition) is 11. The number of thiazole rings is 1. The second kappa shape index (κ2) is 12.1. The SMILES string of the molecule is COCC[C@H]([C@H](C)c1ncc(F)cn1)S(=O)(=O)Cc1nnc(-c2nc(C)cs2)n1-c1c(OC)cccc1OC. The van der Waals surface area contributed by atoms with Gasteiger partial charge in [0.25, 0.3) is 0 Å². The molecule has 4 rings (SSSR count). The first-order chi connectivity index (χ1) is 18.7. The monoisotopic (exact) mass is 576 g/mol. The minimum Gasteiger partial charge on any atom is -0.494 e. The number of hydrogen-bond donors (Lipinski definition) is 0. The molecule has 14 heteroatoms. The highest BCUT2D eigenvalue weighted by molar-refractivity contribution is 7.91. The number of methoxy groups -OCH3 is 3. The van der Waals surface area contributed by atoms with Crippen molar-refractivity contribution in [3.63, 3.8) is 0 Å². The molecule has 0 N–H and O–H groups in total. The van der Waals surface area contributed by atoms with Crippen LogP contribution in [0.15, 0.2) is 36.0 Å². The minimum atomic E-state index is -3.91. The van der Waals surface area contributed by atoms with Crippen molar-refractivity contribution < 1.29 is 27.0 Å². The van der Waals surface area contributed by atoms with Gasteiger partial charge in [-0.2, -0.15) is 0 Å². The molecule has 0 saturated carbocycles. The lowest BCUT2D eigenvalue weighted by Gasteiger charge is -2.23. The number of aromatic nitrogens is 6.